The van der Waals surface area contributed by atoms with Crippen molar-refractivity contribution in [1.82, 2.24) is 0 Å². The summed E-state index contributed by atoms with van der Waals surface area (Å²) in [6, 6.07) is 66.0. The number of hydrogen-bond acceptors (Lipinski definition) is 4. The summed E-state index contributed by atoms with van der Waals surface area (Å²) in [6.07, 6.45) is 0.803. The topological polar surface area (TPSA) is 106 Å². The maximum absolute atomic E-state index is 15.4. The Morgan fingerprint density at radius 3 is 0.655 bits per heavy atom. The maximum atomic E-state index is 15.4. The smallest absolute Gasteiger partial charge is 0.147 e. The summed E-state index contributed by atoms with van der Waals surface area (Å²) in [4.78, 5) is 0. The first-order valence-corrected chi connectivity index (χ1v) is 23.5. The van der Waals surface area contributed by atoms with Gasteiger partial charge in [-0.05, 0) is 16.7 Å². The fourth-order valence-corrected chi connectivity index (χ4v) is 14.9. The van der Waals surface area contributed by atoms with Gasteiger partial charge in [-0.2, -0.15) is 5.26 Å². The van der Waals surface area contributed by atoms with Gasteiger partial charge in [0.05, 0.1) is 6.07 Å². The molecule has 8 heteroatoms. The summed E-state index contributed by atoms with van der Waals surface area (Å²) in [7, 11) is -9.47. The van der Waals surface area contributed by atoms with Crippen molar-refractivity contribution in [1.29, 1.82) is 5.26 Å². The quantitative estimate of drug-likeness (QED) is 0.116. The summed E-state index contributed by atoms with van der Waals surface area (Å²) in [6.45, 7) is 1.43. The first-order valence-electron chi connectivity index (χ1n) is 17.8. The molecule has 0 unspecified atom stereocenters. The van der Waals surface area contributed by atoms with E-state index in [9.17, 15) is 0 Å². The summed E-state index contributed by atoms with van der Waals surface area (Å²) in [5.41, 5.74) is 2.58. The van der Waals surface area contributed by atoms with Gasteiger partial charge in [-0.1, -0.05) is 200 Å². The largest absolute Gasteiger partial charge is 0.412 e. The van der Waals surface area contributed by atoms with Crippen molar-refractivity contribution in [3.8, 4) is 6.07 Å². The van der Waals surface area contributed by atoms with Crippen LogP contribution in [0.5, 0.6) is 0 Å². The lowest BCUT2D eigenvalue weighted by molar-refractivity contribution is 0.586. The van der Waals surface area contributed by atoms with E-state index in [-0.39, 0.29) is 24.0 Å². The second kappa shape index (κ2) is 18.8. The number of benzene rings is 7. The zero-order valence-electron chi connectivity index (χ0n) is 30.7. The van der Waals surface area contributed by atoms with Crippen molar-refractivity contribution in [3.05, 3.63) is 217 Å². The Morgan fingerprint density at radius 2 is 0.509 bits per heavy atom. The molecule has 0 saturated carbocycles. The van der Waals surface area contributed by atoms with Crippen molar-refractivity contribution >= 4 is 53.3 Å². The Morgan fingerprint density at radius 1 is 0.364 bits per heavy atom. The van der Waals surface area contributed by atoms with Crippen LogP contribution in [0, 0.1) is 11.3 Å². The Hall–Kier alpha value is -5.32. The van der Waals surface area contributed by atoms with E-state index in [0.29, 0.717) is 0 Å². The lowest BCUT2D eigenvalue weighted by Crippen LogP contribution is -2.19. The molecule has 0 saturated heterocycles. The number of nitriles is 1. The molecule has 7 aromatic carbocycles. The van der Waals surface area contributed by atoms with Crippen molar-refractivity contribution in [2.75, 3.05) is 0 Å². The zero-order chi connectivity index (χ0) is 37.9. The molecule has 0 spiro atoms. The van der Waals surface area contributed by atoms with Crippen LogP contribution in [-0.4, -0.2) is 5.48 Å². The molecule has 0 radical (unpaired) electrons. The highest BCUT2D eigenvalue weighted by molar-refractivity contribution is 7.78. The second-order valence-electron chi connectivity index (χ2n) is 13.1. The zero-order valence-corrected chi connectivity index (χ0v) is 33.4. The van der Waals surface area contributed by atoms with Gasteiger partial charge in [0.15, 0.2) is 0 Å². The van der Waals surface area contributed by atoms with Crippen LogP contribution >= 0.6 is 21.4 Å². The minimum Gasteiger partial charge on any atom is -0.412 e. The number of rotatable bonds is 12. The first kappa shape index (κ1) is 40.9. The van der Waals surface area contributed by atoms with Gasteiger partial charge < -0.3 is 19.2 Å². The molecule has 5 nitrogen and oxygen atoms in total. The highest BCUT2D eigenvalue weighted by Gasteiger charge is 2.32. The average Bonchev–Trinajstić information content (AvgIpc) is 3.23. The summed E-state index contributed by atoms with van der Waals surface area (Å²) in [5.74, 6) is 0. The molecule has 0 amide bonds. The third-order valence-electron chi connectivity index (χ3n) is 9.37. The van der Waals surface area contributed by atoms with Gasteiger partial charge in [0.25, 0.3) is 0 Å². The molecule has 0 fully saturated rings. The lowest BCUT2D eigenvalue weighted by Gasteiger charge is -2.24. The third-order valence-corrected chi connectivity index (χ3v) is 18.6. The minimum atomic E-state index is -3.16. The molecule has 0 aliphatic rings. The molecule has 276 valence electrons. The molecular formula is C47H44NO4P3. The maximum Gasteiger partial charge on any atom is 0.147 e. The molecule has 0 bridgehead atoms. The summed E-state index contributed by atoms with van der Waals surface area (Å²) < 4.78 is 46.1. The summed E-state index contributed by atoms with van der Waals surface area (Å²) in [5, 5.41) is 12.0. The van der Waals surface area contributed by atoms with Crippen molar-refractivity contribution < 1.29 is 19.2 Å². The van der Waals surface area contributed by atoms with E-state index in [1.165, 1.54) is 6.92 Å². The molecule has 55 heavy (non-hydrogen) atoms. The van der Waals surface area contributed by atoms with Crippen LogP contribution in [0.4, 0.5) is 0 Å². The molecule has 0 aliphatic heterocycles. The van der Waals surface area contributed by atoms with Gasteiger partial charge in [0.1, 0.15) is 21.4 Å². The Kier molecular flexibility index (Phi) is 14.0. The molecule has 7 rings (SSSR count). The van der Waals surface area contributed by atoms with E-state index in [1.807, 2.05) is 182 Å². The SMILES string of the molecule is CC#N.O.O=P(Cc1cc(CP(=O)(c2ccccc2)c2ccccc2)cc(CP(=O)(c2ccccc2)c2ccccc2)c1)(c1ccccc1)c1ccccc1. The molecule has 7 aromatic rings. The average molecular weight is 780 g/mol. The van der Waals surface area contributed by atoms with Gasteiger partial charge in [0.2, 0.25) is 0 Å². The van der Waals surface area contributed by atoms with E-state index in [1.54, 1.807) is 6.07 Å². The van der Waals surface area contributed by atoms with Crippen LogP contribution < -0.4 is 31.8 Å². The lowest BCUT2D eigenvalue weighted by atomic mass is 10.1. The van der Waals surface area contributed by atoms with Crippen molar-refractivity contribution in [2.24, 2.45) is 0 Å². The predicted molar refractivity (Wildman–Crippen MR) is 232 cm³/mol. The standard InChI is InChI=1S/C45H39O3P3.C2H3N.H2O/c46-49(40-19-7-1-8-20-40,41-21-9-2-10-22-41)34-37-31-38(35-50(47,42-23-11-3-12-24-42)43-25-13-4-14-26-43)33-39(32-37)36-51(48,44-27-15-5-16-28-44)45-29-17-6-18-30-45;1-2-3;/h1-33H,34-36H2;1H3;1H2. The molecule has 0 aliphatic carbocycles. The van der Waals surface area contributed by atoms with Crippen LogP contribution in [0.1, 0.15) is 23.6 Å². The Labute approximate surface area is 324 Å². The normalized spacial score (nSPS) is 11.3. The molecule has 2 N–H and O–H groups in total. The van der Waals surface area contributed by atoms with Crippen molar-refractivity contribution in [2.45, 2.75) is 25.4 Å². The fraction of sp³-hybridized carbons (Fsp3) is 0.0851. The fourth-order valence-electron chi connectivity index (χ4n) is 6.89. The Bertz CT molecular complexity index is 2050. The predicted octanol–water partition coefficient (Wildman–Crippen LogP) is 8.93. The summed E-state index contributed by atoms with van der Waals surface area (Å²) >= 11 is 0. The number of hydrogen-bond donors (Lipinski definition) is 0. The van der Waals surface area contributed by atoms with E-state index >= 15 is 13.7 Å². The van der Waals surface area contributed by atoms with E-state index in [2.05, 4.69) is 18.2 Å². The monoisotopic (exact) mass is 779 g/mol. The molecule has 0 aromatic heterocycles. The van der Waals surface area contributed by atoms with Crippen LogP contribution in [0.3, 0.4) is 0 Å². The Balaban J connectivity index is 0.00000141. The van der Waals surface area contributed by atoms with Gasteiger partial charge in [0, 0.05) is 57.2 Å². The first-order chi connectivity index (χ1) is 26.3. The molecule has 0 atom stereocenters. The van der Waals surface area contributed by atoms with Crippen molar-refractivity contribution in [3.63, 3.8) is 0 Å². The van der Waals surface area contributed by atoms with E-state index in [4.69, 9.17) is 5.26 Å². The third kappa shape index (κ3) is 9.50. The van der Waals surface area contributed by atoms with Crippen LogP contribution in [-0.2, 0) is 32.2 Å². The van der Waals surface area contributed by atoms with Crippen LogP contribution in [0.15, 0.2) is 200 Å². The van der Waals surface area contributed by atoms with Gasteiger partial charge in [-0.25, -0.2) is 0 Å². The minimum absolute atomic E-state index is 0. The molecule has 0 heterocycles. The highest BCUT2D eigenvalue weighted by Crippen LogP contribution is 2.51. The molecular weight excluding hydrogens is 735 g/mol. The number of nitrogens with zero attached hydrogens (tertiary/aromatic N) is 1. The van der Waals surface area contributed by atoms with E-state index < -0.39 is 21.4 Å². The second-order valence-corrected chi connectivity index (χ2v) is 21.6. The van der Waals surface area contributed by atoms with Gasteiger partial charge in [-0.3, -0.25) is 0 Å². The van der Waals surface area contributed by atoms with Crippen LogP contribution in [0.2, 0.25) is 0 Å². The van der Waals surface area contributed by atoms with Crippen LogP contribution in [0.25, 0.3) is 0 Å². The van der Waals surface area contributed by atoms with Gasteiger partial charge >= 0.3 is 0 Å². The highest BCUT2D eigenvalue weighted by atomic mass is 31.2. The van der Waals surface area contributed by atoms with Gasteiger partial charge in [-0.15, -0.1) is 0 Å². The van der Waals surface area contributed by atoms with E-state index in [0.717, 1.165) is 48.5 Å².